The van der Waals surface area contributed by atoms with Crippen LogP contribution >= 0.6 is 20.8 Å². The molecule has 1 unspecified atom stereocenters. The molecule has 0 spiro atoms. The summed E-state index contributed by atoms with van der Waals surface area (Å²) in [4.78, 5) is 16.4. The van der Waals surface area contributed by atoms with Crippen LogP contribution in [0.25, 0.3) is 11.1 Å². The number of ketones is 1. The molecule has 0 fully saturated rings. The van der Waals surface area contributed by atoms with E-state index in [1.165, 1.54) is 0 Å². The predicted molar refractivity (Wildman–Crippen MR) is 103 cm³/mol. The number of aryl methyl sites for hydroxylation is 1. The molecule has 24 heavy (non-hydrogen) atoms. The van der Waals surface area contributed by atoms with Crippen molar-refractivity contribution in [2.75, 3.05) is 0 Å². The molecule has 120 valence electrons. The smallest absolute Gasteiger partial charge is 0.166 e. The van der Waals surface area contributed by atoms with Crippen LogP contribution in [-0.4, -0.2) is 10.8 Å². The van der Waals surface area contributed by atoms with Gasteiger partial charge in [0.25, 0.3) is 0 Å². The van der Waals surface area contributed by atoms with Crippen LogP contribution in [-0.2, 0) is 6.42 Å². The highest BCUT2D eigenvalue weighted by Gasteiger charge is 2.12. The van der Waals surface area contributed by atoms with Crippen LogP contribution in [0.5, 0.6) is 0 Å². The van der Waals surface area contributed by atoms with E-state index in [1.807, 2.05) is 12.1 Å². The molecule has 0 N–H and O–H groups in total. The molecule has 3 aromatic rings. The van der Waals surface area contributed by atoms with Crippen LogP contribution in [0, 0.1) is 0 Å². The van der Waals surface area contributed by atoms with Crippen molar-refractivity contribution in [2.45, 2.75) is 12.8 Å². The van der Waals surface area contributed by atoms with Gasteiger partial charge in [-0.2, -0.15) is 0 Å². The molecule has 0 aliphatic rings. The quantitative estimate of drug-likeness (QED) is 0.377. The normalized spacial score (nSPS) is 10.6. The van der Waals surface area contributed by atoms with Crippen molar-refractivity contribution in [1.29, 1.82) is 0 Å². The van der Waals surface area contributed by atoms with Gasteiger partial charge in [-0.3, -0.25) is 4.79 Å². The molecule has 0 aliphatic heterocycles. The van der Waals surface area contributed by atoms with Gasteiger partial charge in [-0.25, -0.2) is 4.98 Å². The topological polar surface area (TPSA) is 30.0 Å². The zero-order chi connectivity index (χ0) is 16.9. The van der Waals surface area contributed by atoms with Gasteiger partial charge in [0, 0.05) is 12.6 Å². The number of aromatic nitrogens is 1. The molecule has 3 rings (SSSR count). The first-order valence-electron chi connectivity index (χ1n) is 7.72. The first-order chi connectivity index (χ1) is 11.6. The highest BCUT2D eigenvalue weighted by atomic mass is 35.5. The van der Waals surface area contributed by atoms with Gasteiger partial charge in [0.05, 0.1) is 5.56 Å². The molecule has 0 bridgehead atoms. The minimum absolute atomic E-state index is 0.0169. The molecule has 2 nitrogen and oxygen atoms in total. The molecule has 1 atom stereocenters. The summed E-state index contributed by atoms with van der Waals surface area (Å²) in [5.74, 6) is 0.0169. The van der Waals surface area contributed by atoms with E-state index in [0.29, 0.717) is 18.4 Å². The summed E-state index contributed by atoms with van der Waals surface area (Å²) in [5.41, 5.74) is 3.96. The van der Waals surface area contributed by atoms with Gasteiger partial charge < -0.3 is 0 Å². The number of carbonyl (C=O) groups excluding carboxylic acids is 1. The van der Waals surface area contributed by atoms with Gasteiger partial charge in [0.15, 0.2) is 5.78 Å². The number of hydrogen-bond acceptors (Lipinski definition) is 2. The minimum atomic E-state index is 0.0169. The lowest BCUT2D eigenvalue weighted by Gasteiger charge is -2.10. The van der Waals surface area contributed by atoms with Crippen LogP contribution in [0.2, 0.25) is 5.15 Å². The Balaban J connectivity index is 1.80. The number of pyridine rings is 1. The lowest BCUT2D eigenvalue weighted by atomic mass is 9.95. The van der Waals surface area contributed by atoms with Crippen molar-refractivity contribution >= 4 is 31.9 Å². The molecule has 1 aromatic heterocycles. The second-order valence-electron chi connectivity index (χ2n) is 5.54. The molecular formula is C20H17ClNOP. The Morgan fingerprint density at radius 1 is 1.00 bits per heavy atom. The Hall–Kier alpha value is -2.02. The number of nitrogens with zero attached hydrogens (tertiary/aromatic N) is 1. The summed E-state index contributed by atoms with van der Waals surface area (Å²) in [6.07, 6.45) is 2.66. The summed E-state index contributed by atoms with van der Waals surface area (Å²) in [6.45, 7) is 0. The third-order valence-electron chi connectivity index (χ3n) is 3.92. The molecule has 0 saturated heterocycles. The van der Waals surface area contributed by atoms with E-state index >= 15 is 0 Å². The number of benzene rings is 2. The zero-order valence-electron chi connectivity index (χ0n) is 13.1. The van der Waals surface area contributed by atoms with E-state index < -0.39 is 0 Å². The molecule has 0 saturated carbocycles. The summed E-state index contributed by atoms with van der Waals surface area (Å²) >= 11 is 6.01. The van der Waals surface area contributed by atoms with Gasteiger partial charge in [-0.05, 0) is 40.5 Å². The molecule has 4 heteroatoms. The van der Waals surface area contributed by atoms with E-state index in [2.05, 4.69) is 50.6 Å². The lowest BCUT2D eigenvalue weighted by molar-refractivity contribution is 0.0982. The molecule has 1 heterocycles. The predicted octanol–water partition coefficient (Wildman–Crippen LogP) is 4.72. The van der Waals surface area contributed by atoms with Crippen molar-refractivity contribution < 1.29 is 4.79 Å². The van der Waals surface area contributed by atoms with Crippen LogP contribution in [0.4, 0.5) is 0 Å². The monoisotopic (exact) mass is 353 g/mol. The van der Waals surface area contributed by atoms with E-state index in [4.69, 9.17) is 11.6 Å². The van der Waals surface area contributed by atoms with Gasteiger partial charge in [0.2, 0.25) is 0 Å². The molecule has 0 aliphatic carbocycles. The van der Waals surface area contributed by atoms with E-state index in [0.717, 1.165) is 22.0 Å². The van der Waals surface area contributed by atoms with Gasteiger partial charge in [-0.1, -0.05) is 60.1 Å². The van der Waals surface area contributed by atoms with Crippen molar-refractivity contribution in [1.82, 2.24) is 4.98 Å². The molecule has 0 amide bonds. The highest BCUT2D eigenvalue weighted by molar-refractivity contribution is 7.27. The van der Waals surface area contributed by atoms with Crippen molar-refractivity contribution in [3.63, 3.8) is 0 Å². The maximum Gasteiger partial charge on any atom is 0.166 e. The molecule has 2 aromatic carbocycles. The average Bonchev–Trinajstić information content (AvgIpc) is 2.61. The average molecular weight is 354 g/mol. The van der Waals surface area contributed by atoms with E-state index in [9.17, 15) is 4.79 Å². The maximum absolute atomic E-state index is 12.4. The fourth-order valence-corrected chi connectivity index (χ4v) is 3.08. The largest absolute Gasteiger partial charge is 0.294 e. The first-order valence-corrected chi connectivity index (χ1v) is 8.68. The molecule has 0 radical (unpaired) electrons. The second-order valence-corrected chi connectivity index (χ2v) is 6.57. The molecular weight excluding hydrogens is 337 g/mol. The fraction of sp³-hybridized carbons (Fsp3) is 0.100. The fourth-order valence-electron chi connectivity index (χ4n) is 2.66. The Labute approximate surface area is 149 Å². The standard InChI is InChI=1S/C20H17ClNOP/c21-20-18(6-3-13-22-20)19(23)12-9-14-4-1-2-5-17(14)15-7-10-16(24)11-8-15/h1-8,10-11,13H,9,12,24H2. The van der Waals surface area contributed by atoms with E-state index in [-0.39, 0.29) is 10.9 Å². The number of Topliss-reactive ketones (excluding diaryl/α,β-unsaturated/α-hetero) is 1. The summed E-state index contributed by atoms with van der Waals surface area (Å²) in [7, 11) is 2.69. The Morgan fingerprint density at radius 3 is 2.50 bits per heavy atom. The van der Waals surface area contributed by atoms with Gasteiger partial charge in [0.1, 0.15) is 5.15 Å². The third-order valence-corrected chi connectivity index (χ3v) is 4.61. The van der Waals surface area contributed by atoms with Crippen LogP contribution < -0.4 is 5.30 Å². The maximum atomic E-state index is 12.4. The van der Waals surface area contributed by atoms with E-state index in [1.54, 1.807) is 18.3 Å². The van der Waals surface area contributed by atoms with Crippen LogP contribution in [0.3, 0.4) is 0 Å². The van der Waals surface area contributed by atoms with Gasteiger partial charge >= 0.3 is 0 Å². The van der Waals surface area contributed by atoms with Crippen molar-refractivity contribution in [3.8, 4) is 11.1 Å². The van der Waals surface area contributed by atoms with Crippen LogP contribution in [0.15, 0.2) is 66.9 Å². The Kier molecular flexibility index (Phi) is 5.40. The zero-order valence-corrected chi connectivity index (χ0v) is 15.0. The second kappa shape index (κ2) is 7.70. The highest BCUT2D eigenvalue weighted by Crippen LogP contribution is 2.25. The number of halogens is 1. The number of rotatable bonds is 5. The SMILES string of the molecule is O=C(CCc1ccccc1-c1ccc(P)cc1)c1cccnc1Cl. The summed E-state index contributed by atoms with van der Waals surface area (Å²) in [6, 6.07) is 20.0. The Bertz CT molecular complexity index is 862. The van der Waals surface area contributed by atoms with Gasteiger partial charge in [-0.15, -0.1) is 9.24 Å². The number of hydrogen-bond donors (Lipinski definition) is 0. The third kappa shape index (κ3) is 3.90. The first kappa shape index (κ1) is 16.8. The van der Waals surface area contributed by atoms with Crippen molar-refractivity contribution in [2.24, 2.45) is 0 Å². The number of carbonyl (C=O) groups is 1. The lowest BCUT2D eigenvalue weighted by Crippen LogP contribution is -2.03. The van der Waals surface area contributed by atoms with Crippen LogP contribution in [0.1, 0.15) is 22.3 Å². The minimum Gasteiger partial charge on any atom is -0.294 e. The summed E-state index contributed by atoms with van der Waals surface area (Å²) in [5, 5.41) is 1.42. The Morgan fingerprint density at radius 2 is 1.75 bits per heavy atom. The van der Waals surface area contributed by atoms with Crippen molar-refractivity contribution in [3.05, 3.63) is 83.1 Å². The summed E-state index contributed by atoms with van der Waals surface area (Å²) < 4.78 is 0.